The van der Waals surface area contributed by atoms with Crippen molar-refractivity contribution in [3.05, 3.63) is 12.3 Å². The molecule has 0 spiro atoms. The topological polar surface area (TPSA) is 38.3 Å². The third-order valence-electron chi connectivity index (χ3n) is 0.826. The monoisotopic (exact) mass is 143 g/mol. The maximum Gasteiger partial charge on any atom is 0.186 e. The van der Waals surface area contributed by atoms with Gasteiger partial charge in [0.05, 0.1) is 0 Å². The fraction of sp³-hybridized carbons (Fsp3) is 0.571. The van der Waals surface area contributed by atoms with Crippen molar-refractivity contribution in [2.45, 2.75) is 13.8 Å². The molecule has 10 heavy (non-hydrogen) atoms. The van der Waals surface area contributed by atoms with Gasteiger partial charge in [-0.25, -0.2) is 0 Å². The lowest BCUT2D eigenvalue weighted by molar-refractivity contribution is -0.109. The Hall–Kier alpha value is -0.830. The minimum atomic E-state index is 0.112. The van der Waals surface area contributed by atoms with Crippen molar-refractivity contribution in [2.75, 3.05) is 6.54 Å². The predicted molar refractivity (Wildman–Crippen MR) is 39.1 cm³/mol. The van der Waals surface area contributed by atoms with E-state index in [-0.39, 0.29) is 5.76 Å². The van der Waals surface area contributed by atoms with E-state index in [1.165, 1.54) is 0 Å². The van der Waals surface area contributed by atoms with Crippen LogP contribution in [0.3, 0.4) is 0 Å². The van der Waals surface area contributed by atoms with E-state index in [1.54, 1.807) is 0 Å². The molecule has 0 aliphatic heterocycles. The van der Waals surface area contributed by atoms with E-state index in [1.807, 2.05) is 13.8 Å². The molecule has 3 heteroatoms. The highest BCUT2D eigenvalue weighted by molar-refractivity contribution is 5.68. The maximum atomic E-state index is 9.92. The minimum absolute atomic E-state index is 0.112. The van der Waals surface area contributed by atoms with Crippen LogP contribution in [0.4, 0.5) is 0 Å². The van der Waals surface area contributed by atoms with Crippen molar-refractivity contribution < 1.29 is 9.63 Å². The summed E-state index contributed by atoms with van der Waals surface area (Å²) in [4.78, 5) is 14.6. The first kappa shape index (κ1) is 9.17. The van der Waals surface area contributed by atoms with Crippen molar-refractivity contribution in [1.82, 2.24) is 5.48 Å². The predicted octanol–water partition coefficient (Wildman–Crippen LogP) is 0.876. The molecule has 0 fully saturated rings. The van der Waals surface area contributed by atoms with Gasteiger partial charge in [-0.15, -0.1) is 0 Å². The van der Waals surface area contributed by atoms with Crippen molar-refractivity contribution in [1.29, 1.82) is 0 Å². The molecule has 0 amide bonds. The highest BCUT2D eigenvalue weighted by atomic mass is 16.6. The molecule has 0 unspecified atom stereocenters. The molecule has 0 aromatic rings. The standard InChI is InChI=1S/C7H13NO2/c1-6(2)4-8-10-7(3)5-9/h5-6,8H,3-4H2,1-2H3. The van der Waals surface area contributed by atoms with Gasteiger partial charge < -0.3 is 4.84 Å². The maximum absolute atomic E-state index is 9.92. The van der Waals surface area contributed by atoms with E-state index in [9.17, 15) is 4.79 Å². The zero-order valence-corrected chi connectivity index (χ0v) is 6.39. The molecule has 58 valence electrons. The van der Waals surface area contributed by atoms with Gasteiger partial charge in [-0.2, -0.15) is 5.48 Å². The number of carbonyl (C=O) groups excluding carboxylic acids is 1. The number of carbonyl (C=O) groups is 1. The molecular formula is C7H13NO2. The van der Waals surface area contributed by atoms with Crippen molar-refractivity contribution in [3.63, 3.8) is 0 Å². The molecular weight excluding hydrogens is 130 g/mol. The molecule has 0 heterocycles. The summed E-state index contributed by atoms with van der Waals surface area (Å²) in [6.07, 6.45) is 0.563. The fourth-order valence-electron chi connectivity index (χ4n) is 0.325. The van der Waals surface area contributed by atoms with Gasteiger partial charge >= 0.3 is 0 Å². The normalized spacial score (nSPS) is 9.50. The summed E-state index contributed by atoms with van der Waals surface area (Å²) >= 11 is 0. The zero-order valence-electron chi connectivity index (χ0n) is 6.39. The molecule has 0 aliphatic carbocycles. The van der Waals surface area contributed by atoms with Gasteiger partial charge in [-0.3, -0.25) is 4.79 Å². The smallest absolute Gasteiger partial charge is 0.186 e. The number of hydroxylamine groups is 1. The van der Waals surface area contributed by atoms with Crippen LogP contribution in [0.1, 0.15) is 13.8 Å². The third kappa shape index (κ3) is 5.31. The first-order valence-electron chi connectivity index (χ1n) is 3.20. The number of nitrogens with one attached hydrogen (secondary N) is 1. The Morgan fingerprint density at radius 3 is 2.80 bits per heavy atom. The zero-order chi connectivity index (χ0) is 7.98. The number of rotatable bonds is 5. The number of aldehydes is 1. The van der Waals surface area contributed by atoms with Gasteiger partial charge in [0, 0.05) is 6.54 Å². The molecule has 0 atom stereocenters. The van der Waals surface area contributed by atoms with Crippen LogP contribution in [0.25, 0.3) is 0 Å². The second-order valence-electron chi connectivity index (χ2n) is 2.43. The van der Waals surface area contributed by atoms with Crippen molar-refractivity contribution in [3.8, 4) is 0 Å². The molecule has 0 bridgehead atoms. The highest BCUT2D eigenvalue weighted by Crippen LogP contribution is 1.88. The summed E-state index contributed by atoms with van der Waals surface area (Å²) in [6.45, 7) is 8.12. The van der Waals surface area contributed by atoms with E-state index in [4.69, 9.17) is 0 Å². The van der Waals surface area contributed by atoms with Crippen LogP contribution < -0.4 is 5.48 Å². The summed E-state index contributed by atoms with van der Waals surface area (Å²) in [5.41, 5.74) is 2.60. The van der Waals surface area contributed by atoms with Gasteiger partial charge in [0.1, 0.15) is 0 Å². The van der Waals surface area contributed by atoms with Gasteiger partial charge in [-0.05, 0) is 5.92 Å². The SMILES string of the molecule is C=C(C=O)ONCC(C)C. The van der Waals surface area contributed by atoms with E-state index < -0.39 is 0 Å². The highest BCUT2D eigenvalue weighted by Gasteiger charge is 1.93. The Bertz CT molecular complexity index is 121. The van der Waals surface area contributed by atoms with E-state index in [0.29, 0.717) is 18.7 Å². The lowest BCUT2D eigenvalue weighted by atomic mass is 10.2. The number of hydrogen-bond donors (Lipinski definition) is 1. The molecule has 0 aromatic carbocycles. The summed E-state index contributed by atoms with van der Waals surface area (Å²) in [5, 5.41) is 0. The summed E-state index contributed by atoms with van der Waals surface area (Å²) in [5.74, 6) is 0.611. The van der Waals surface area contributed by atoms with Crippen molar-refractivity contribution in [2.24, 2.45) is 5.92 Å². The van der Waals surface area contributed by atoms with Gasteiger partial charge in [0.15, 0.2) is 12.0 Å². The Labute approximate surface area is 61.0 Å². The molecule has 0 radical (unpaired) electrons. The average molecular weight is 143 g/mol. The van der Waals surface area contributed by atoms with E-state index in [2.05, 4.69) is 16.9 Å². The molecule has 0 saturated carbocycles. The fourth-order valence-corrected chi connectivity index (χ4v) is 0.325. The molecule has 0 aliphatic rings. The Balaban J connectivity index is 3.19. The second kappa shape index (κ2) is 4.99. The number of hydrogen-bond acceptors (Lipinski definition) is 3. The average Bonchev–Trinajstić information content (AvgIpc) is 1.87. The third-order valence-corrected chi connectivity index (χ3v) is 0.826. The van der Waals surface area contributed by atoms with E-state index in [0.717, 1.165) is 0 Å². The summed E-state index contributed by atoms with van der Waals surface area (Å²) < 4.78 is 0. The van der Waals surface area contributed by atoms with E-state index >= 15 is 0 Å². The van der Waals surface area contributed by atoms with Crippen LogP contribution in [-0.2, 0) is 9.63 Å². The largest absolute Gasteiger partial charge is 0.406 e. The van der Waals surface area contributed by atoms with Gasteiger partial charge in [0.2, 0.25) is 0 Å². The Morgan fingerprint density at radius 2 is 2.40 bits per heavy atom. The van der Waals surface area contributed by atoms with Gasteiger partial charge in [-0.1, -0.05) is 20.4 Å². The minimum Gasteiger partial charge on any atom is -0.406 e. The summed E-state index contributed by atoms with van der Waals surface area (Å²) in [6, 6.07) is 0. The van der Waals surface area contributed by atoms with Gasteiger partial charge in [0.25, 0.3) is 0 Å². The number of allylic oxidation sites excluding steroid dienone is 1. The quantitative estimate of drug-likeness (QED) is 0.269. The molecule has 1 N–H and O–H groups in total. The molecule has 0 saturated heterocycles. The van der Waals surface area contributed by atoms with Crippen LogP contribution in [0, 0.1) is 5.92 Å². The Morgan fingerprint density at radius 1 is 1.80 bits per heavy atom. The van der Waals surface area contributed by atoms with Crippen LogP contribution >= 0.6 is 0 Å². The second-order valence-corrected chi connectivity index (χ2v) is 2.43. The first-order chi connectivity index (χ1) is 4.66. The van der Waals surface area contributed by atoms with Crippen LogP contribution in [-0.4, -0.2) is 12.8 Å². The Kier molecular flexibility index (Phi) is 4.58. The lowest BCUT2D eigenvalue weighted by Gasteiger charge is -2.06. The van der Waals surface area contributed by atoms with Crippen LogP contribution in [0.5, 0.6) is 0 Å². The lowest BCUT2D eigenvalue weighted by Crippen LogP contribution is -2.19. The first-order valence-corrected chi connectivity index (χ1v) is 3.20. The van der Waals surface area contributed by atoms with Crippen LogP contribution in [0.2, 0.25) is 0 Å². The molecule has 3 nitrogen and oxygen atoms in total. The molecule has 0 rings (SSSR count). The molecule has 0 aromatic heterocycles. The van der Waals surface area contributed by atoms with Crippen LogP contribution in [0.15, 0.2) is 12.3 Å². The van der Waals surface area contributed by atoms with Crippen molar-refractivity contribution >= 4 is 6.29 Å². The summed E-state index contributed by atoms with van der Waals surface area (Å²) in [7, 11) is 0.